The topological polar surface area (TPSA) is 311 Å². The van der Waals surface area contributed by atoms with Gasteiger partial charge in [-0.1, -0.05) is 160 Å². The lowest BCUT2D eigenvalue weighted by Gasteiger charge is -2.40. The van der Waals surface area contributed by atoms with Crippen molar-refractivity contribution in [2.75, 3.05) is 0 Å². The van der Waals surface area contributed by atoms with Gasteiger partial charge in [0.1, 0.15) is 42.3 Å². The van der Waals surface area contributed by atoms with Gasteiger partial charge < -0.3 is 59.7 Å². The summed E-state index contributed by atoms with van der Waals surface area (Å²) in [6.45, 7) is 21.1. The lowest BCUT2D eigenvalue weighted by atomic mass is 9.76. The molecule has 3 aromatic rings. The summed E-state index contributed by atoms with van der Waals surface area (Å²) in [5.41, 5.74) is 17.7. The molecule has 19 heteroatoms. The predicted octanol–water partition coefficient (Wildman–Crippen LogP) is 2.92. The van der Waals surface area contributed by atoms with Gasteiger partial charge in [-0.15, -0.1) is 0 Å². The molecule has 0 aliphatic carbocycles. The molecule has 0 bridgehead atoms. The van der Waals surface area contributed by atoms with Crippen molar-refractivity contribution in [2.24, 2.45) is 39.9 Å². The average molecular weight is 1080 g/mol. The van der Waals surface area contributed by atoms with Gasteiger partial charge in [-0.2, -0.15) is 0 Å². The van der Waals surface area contributed by atoms with E-state index in [1.54, 1.807) is 133 Å². The average Bonchev–Trinajstić information content (AvgIpc) is 3.34. The minimum atomic E-state index is -1.41. The van der Waals surface area contributed by atoms with Crippen LogP contribution in [0.25, 0.3) is 0 Å². The third kappa shape index (κ3) is 19.9. The molecule has 0 spiro atoms. The molecule has 1 heterocycles. The van der Waals surface area contributed by atoms with Gasteiger partial charge in [0.15, 0.2) is 0 Å². The van der Waals surface area contributed by atoms with Crippen LogP contribution in [0.1, 0.15) is 125 Å². The number of benzene rings is 3. The Kier molecular flexibility index (Phi) is 22.7. The van der Waals surface area contributed by atoms with Crippen molar-refractivity contribution in [1.29, 1.82) is 0 Å². The van der Waals surface area contributed by atoms with Crippen LogP contribution in [0.4, 0.5) is 0 Å². The Labute approximate surface area is 461 Å². The highest BCUT2D eigenvalue weighted by molar-refractivity contribution is 5.98. The standard InChI is InChI=1S/C59H89N11O8/c1-13-36(4)47-54(77)66-42(30-39-25-19-15-20-26-39)50(73)63-37(5)49(72)65-43(31-40-27-21-16-22-28-40)51(74)67-44(58(11,60)33-56(6,7)8)32-45(71)64-41(29-38-23-17-14-18-24-38)52(75)70-48(57(9,10)34-59(12,61)62)55(78)68-46(35(2)3)53(76)69-47/h14-28,35-37,41-44,46-48H,13,29-34,60-62H2,1-12H3,(H,63,73)(H,64,71)(H,65,72)(H,66,77)(H,67,74)(H,68,78)(H,69,76)(H,70,75). The Bertz CT molecular complexity index is 2510. The van der Waals surface area contributed by atoms with Crippen LogP contribution >= 0.6 is 0 Å². The van der Waals surface area contributed by atoms with E-state index >= 15 is 0 Å². The number of hydrogen-bond acceptors (Lipinski definition) is 11. The van der Waals surface area contributed by atoms with E-state index in [1.807, 2.05) is 33.8 Å². The number of carbonyl (C=O) groups excluding carboxylic acids is 8. The van der Waals surface area contributed by atoms with Crippen molar-refractivity contribution < 1.29 is 38.4 Å². The summed E-state index contributed by atoms with van der Waals surface area (Å²) in [7, 11) is 0. The molecular formula is C59H89N11O8. The lowest BCUT2D eigenvalue weighted by molar-refractivity contribution is -0.138. The largest absolute Gasteiger partial charge is 0.349 e. The monoisotopic (exact) mass is 1080 g/mol. The smallest absolute Gasteiger partial charge is 0.243 e. The number of carbonyl (C=O) groups is 8. The van der Waals surface area contributed by atoms with E-state index in [4.69, 9.17) is 17.2 Å². The Balaban J connectivity index is 1.93. The van der Waals surface area contributed by atoms with Gasteiger partial charge in [0.05, 0.1) is 11.7 Å². The summed E-state index contributed by atoms with van der Waals surface area (Å²) in [5.74, 6) is -6.75. The maximum Gasteiger partial charge on any atom is 0.243 e. The fourth-order valence-electron chi connectivity index (χ4n) is 10.2. The molecule has 0 saturated carbocycles. The highest BCUT2D eigenvalue weighted by atomic mass is 16.2. The molecular weight excluding hydrogens is 991 g/mol. The molecule has 4 rings (SSSR count). The molecule has 8 amide bonds. The summed E-state index contributed by atoms with van der Waals surface area (Å²) >= 11 is 0. The second-order valence-electron chi connectivity index (χ2n) is 24.3. The summed E-state index contributed by atoms with van der Waals surface area (Å²) < 4.78 is 0. The maximum atomic E-state index is 14.9. The third-order valence-electron chi connectivity index (χ3n) is 14.1. The van der Waals surface area contributed by atoms with Crippen LogP contribution in [0, 0.1) is 22.7 Å². The zero-order valence-corrected chi connectivity index (χ0v) is 47.9. The molecule has 1 saturated heterocycles. The van der Waals surface area contributed by atoms with Gasteiger partial charge in [-0.25, -0.2) is 0 Å². The Hall–Kier alpha value is -6.70. The van der Waals surface area contributed by atoms with Crippen LogP contribution in [0.3, 0.4) is 0 Å². The van der Waals surface area contributed by atoms with Gasteiger partial charge >= 0.3 is 0 Å². The van der Waals surface area contributed by atoms with E-state index in [9.17, 15) is 38.4 Å². The predicted molar refractivity (Wildman–Crippen MR) is 302 cm³/mol. The molecule has 10 unspecified atom stereocenters. The molecule has 10 atom stereocenters. The quantitative estimate of drug-likeness (QED) is 0.104. The second kappa shape index (κ2) is 27.8. The van der Waals surface area contributed by atoms with E-state index in [2.05, 4.69) is 42.5 Å². The first kappa shape index (κ1) is 63.8. The number of amides is 8. The molecule has 1 fully saturated rings. The molecule has 14 N–H and O–H groups in total. The summed E-state index contributed by atoms with van der Waals surface area (Å²) in [6, 6.07) is 16.8. The number of hydrogen-bond donors (Lipinski definition) is 11. The van der Waals surface area contributed by atoms with E-state index in [1.165, 1.54) is 6.92 Å². The minimum absolute atomic E-state index is 0.00122. The molecule has 3 aromatic carbocycles. The van der Waals surface area contributed by atoms with Crippen LogP contribution in [0.2, 0.25) is 0 Å². The van der Waals surface area contributed by atoms with Crippen LogP contribution in [-0.4, -0.2) is 107 Å². The summed E-state index contributed by atoms with van der Waals surface area (Å²) in [4.78, 5) is 117. The zero-order valence-electron chi connectivity index (χ0n) is 47.9. The maximum absolute atomic E-state index is 14.9. The first-order valence-electron chi connectivity index (χ1n) is 27.2. The van der Waals surface area contributed by atoms with Gasteiger partial charge in [0, 0.05) is 31.2 Å². The second-order valence-corrected chi connectivity index (χ2v) is 24.3. The zero-order chi connectivity index (χ0) is 58.3. The Morgan fingerprint density at radius 3 is 1.33 bits per heavy atom. The van der Waals surface area contributed by atoms with Crippen LogP contribution in [-0.2, 0) is 57.6 Å². The van der Waals surface area contributed by atoms with Crippen LogP contribution in [0.15, 0.2) is 91.0 Å². The fraction of sp³-hybridized carbons (Fsp3) is 0.559. The highest BCUT2D eigenvalue weighted by Crippen LogP contribution is 2.31. The van der Waals surface area contributed by atoms with Crippen molar-refractivity contribution in [1.82, 2.24) is 42.5 Å². The molecule has 19 nitrogen and oxygen atoms in total. The molecule has 1 aliphatic rings. The minimum Gasteiger partial charge on any atom is -0.349 e. The van der Waals surface area contributed by atoms with Gasteiger partial charge in [-0.05, 0) is 73.0 Å². The van der Waals surface area contributed by atoms with E-state index in [0.717, 1.165) is 0 Å². The first-order chi connectivity index (χ1) is 36.3. The molecule has 428 valence electrons. The Morgan fingerprint density at radius 1 is 0.487 bits per heavy atom. The lowest BCUT2D eigenvalue weighted by Crippen LogP contribution is -2.65. The van der Waals surface area contributed by atoms with Gasteiger partial charge in [0.2, 0.25) is 47.3 Å². The molecule has 0 radical (unpaired) electrons. The molecule has 0 aromatic heterocycles. The van der Waals surface area contributed by atoms with Crippen molar-refractivity contribution >= 4 is 47.3 Å². The SMILES string of the molecule is CCC(C)C1NC(=O)C(C(C)C)NC(=O)C(C(C)(C)CC(C)(N)N)NC(=O)C(Cc2ccccc2)NC(=O)CC(C(C)(N)CC(C)(C)C)NC(=O)C(Cc2ccccc2)NC(=O)C(C)NC(=O)C(Cc2ccccc2)NC1=O. The van der Waals surface area contributed by atoms with Gasteiger partial charge in [0.25, 0.3) is 0 Å². The van der Waals surface area contributed by atoms with Gasteiger partial charge in [-0.3, -0.25) is 38.4 Å². The van der Waals surface area contributed by atoms with Crippen molar-refractivity contribution in [2.45, 2.75) is 188 Å². The normalized spacial score (nSPS) is 24.8. The number of rotatable bonds is 14. The molecule has 1 aliphatic heterocycles. The van der Waals surface area contributed by atoms with E-state index in [-0.39, 0.29) is 25.7 Å². The van der Waals surface area contributed by atoms with Crippen molar-refractivity contribution in [3.63, 3.8) is 0 Å². The summed E-state index contributed by atoms with van der Waals surface area (Å²) in [5, 5.41) is 22.9. The van der Waals surface area contributed by atoms with Crippen molar-refractivity contribution in [3.8, 4) is 0 Å². The van der Waals surface area contributed by atoms with Crippen molar-refractivity contribution in [3.05, 3.63) is 108 Å². The first-order valence-corrected chi connectivity index (χ1v) is 27.2. The fourth-order valence-corrected chi connectivity index (χ4v) is 10.2. The van der Waals surface area contributed by atoms with E-state index < -0.39 is 136 Å². The Morgan fingerprint density at radius 2 is 0.897 bits per heavy atom. The number of nitrogens with two attached hydrogens (primary N) is 3. The third-order valence-corrected chi connectivity index (χ3v) is 14.1. The highest BCUT2D eigenvalue weighted by Gasteiger charge is 2.44. The van der Waals surface area contributed by atoms with Crippen LogP contribution < -0.4 is 59.7 Å². The summed E-state index contributed by atoms with van der Waals surface area (Å²) in [6.07, 6.45) is 0.282. The van der Waals surface area contributed by atoms with E-state index in [0.29, 0.717) is 29.5 Å². The van der Waals surface area contributed by atoms with Crippen LogP contribution in [0.5, 0.6) is 0 Å². The number of nitrogens with one attached hydrogen (secondary N) is 8. The molecule has 78 heavy (non-hydrogen) atoms.